The van der Waals surface area contributed by atoms with Crippen molar-refractivity contribution < 1.29 is 4.74 Å². The first-order chi connectivity index (χ1) is 6.22. The SMILES string of the molecule is COc1cc(CN)c(Br)cc1C#N. The van der Waals surface area contributed by atoms with E-state index in [-0.39, 0.29) is 0 Å². The minimum atomic E-state index is 0.419. The summed E-state index contributed by atoms with van der Waals surface area (Å²) in [5.41, 5.74) is 6.93. The topological polar surface area (TPSA) is 59.0 Å². The summed E-state index contributed by atoms with van der Waals surface area (Å²) in [5.74, 6) is 0.561. The summed E-state index contributed by atoms with van der Waals surface area (Å²) in [4.78, 5) is 0. The molecule has 2 N–H and O–H groups in total. The van der Waals surface area contributed by atoms with Gasteiger partial charge in [-0.1, -0.05) is 15.9 Å². The summed E-state index contributed by atoms with van der Waals surface area (Å²) in [5, 5.41) is 8.76. The van der Waals surface area contributed by atoms with Crippen molar-refractivity contribution in [2.45, 2.75) is 6.54 Å². The minimum Gasteiger partial charge on any atom is -0.495 e. The highest BCUT2D eigenvalue weighted by atomic mass is 79.9. The Morgan fingerprint density at radius 3 is 2.77 bits per heavy atom. The molecule has 0 spiro atoms. The van der Waals surface area contributed by atoms with E-state index in [9.17, 15) is 0 Å². The fourth-order valence-corrected chi connectivity index (χ4v) is 1.51. The van der Waals surface area contributed by atoms with Gasteiger partial charge in [0.25, 0.3) is 0 Å². The van der Waals surface area contributed by atoms with Crippen LogP contribution in [0.1, 0.15) is 11.1 Å². The fourth-order valence-electron chi connectivity index (χ4n) is 1.01. The van der Waals surface area contributed by atoms with Gasteiger partial charge in [-0.15, -0.1) is 0 Å². The van der Waals surface area contributed by atoms with Gasteiger partial charge in [-0.3, -0.25) is 0 Å². The van der Waals surface area contributed by atoms with Gasteiger partial charge in [0.1, 0.15) is 11.8 Å². The number of nitriles is 1. The summed E-state index contributed by atoms with van der Waals surface area (Å²) >= 11 is 3.32. The van der Waals surface area contributed by atoms with E-state index in [0.717, 1.165) is 10.0 Å². The van der Waals surface area contributed by atoms with Gasteiger partial charge in [0, 0.05) is 11.0 Å². The van der Waals surface area contributed by atoms with Crippen molar-refractivity contribution in [3.63, 3.8) is 0 Å². The molecule has 4 heteroatoms. The Morgan fingerprint density at radius 1 is 1.62 bits per heavy atom. The second-order valence-electron chi connectivity index (χ2n) is 2.46. The zero-order valence-electron chi connectivity index (χ0n) is 7.17. The van der Waals surface area contributed by atoms with Gasteiger partial charge in [0.05, 0.1) is 12.7 Å². The maximum Gasteiger partial charge on any atom is 0.137 e. The maximum atomic E-state index is 8.76. The van der Waals surface area contributed by atoms with Crippen LogP contribution < -0.4 is 10.5 Å². The molecular weight excluding hydrogens is 232 g/mol. The molecule has 0 radical (unpaired) electrons. The van der Waals surface area contributed by atoms with Gasteiger partial charge in [0.15, 0.2) is 0 Å². The summed E-state index contributed by atoms with van der Waals surface area (Å²) in [7, 11) is 1.53. The van der Waals surface area contributed by atoms with E-state index in [1.165, 1.54) is 7.11 Å². The molecule has 0 amide bonds. The van der Waals surface area contributed by atoms with Crippen molar-refractivity contribution in [2.75, 3.05) is 7.11 Å². The molecule has 0 unspecified atom stereocenters. The van der Waals surface area contributed by atoms with Gasteiger partial charge in [-0.25, -0.2) is 0 Å². The number of halogens is 1. The molecule has 0 aliphatic heterocycles. The minimum absolute atomic E-state index is 0.419. The smallest absolute Gasteiger partial charge is 0.137 e. The zero-order chi connectivity index (χ0) is 9.84. The monoisotopic (exact) mass is 240 g/mol. The molecule has 3 nitrogen and oxygen atoms in total. The van der Waals surface area contributed by atoms with Gasteiger partial charge in [0.2, 0.25) is 0 Å². The summed E-state index contributed by atoms with van der Waals surface area (Å²) < 4.78 is 5.87. The Morgan fingerprint density at radius 2 is 2.31 bits per heavy atom. The summed E-state index contributed by atoms with van der Waals surface area (Å²) in [6.07, 6.45) is 0. The maximum absolute atomic E-state index is 8.76. The van der Waals surface area contributed by atoms with Crippen molar-refractivity contribution in [3.8, 4) is 11.8 Å². The highest BCUT2D eigenvalue weighted by molar-refractivity contribution is 9.10. The number of rotatable bonds is 2. The van der Waals surface area contributed by atoms with Crippen molar-refractivity contribution >= 4 is 15.9 Å². The van der Waals surface area contributed by atoms with Crippen LogP contribution >= 0.6 is 15.9 Å². The van der Waals surface area contributed by atoms with Gasteiger partial charge >= 0.3 is 0 Å². The fraction of sp³-hybridized carbons (Fsp3) is 0.222. The van der Waals surface area contributed by atoms with Crippen LogP contribution in [0.3, 0.4) is 0 Å². The van der Waals surface area contributed by atoms with Crippen LogP contribution in [0, 0.1) is 11.3 Å². The van der Waals surface area contributed by atoms with E-state index in [0.29, 0.717) is 17.9 Å². The highest BCUT2D eigenvalue weighted by Crippen LogP contribution is 2.26. The third-order valence-electron chi connectivity index (χ3n) is 1.71. The molecule has 1 aromatic carbocycles. The Bertz CT molecular complexity index is 357. The number of nitrogens with zero attached hydrogens (tertiary/aromatic N) is 1. The standard InChI is InChI=1S/C9H9BrN2O/c1-13-9-3-6(4-11)8(10)2-7(9)5-12/h2-3H,4,11H2,1H3. The lowest BCUT2D eigenvalue weighted by Gasteiger charge is -2.06. The molecule has 0 aromatic heterocycles. The molecule has 0 saturated heterocycles. The van der Waals surface area contributed by atoms with E-state index in [4.69, 9.17) is 15.7 Å². The molecule has 1 aromatic rings. The Labute approximate surface area is 85.2 Å². The first-order valence-corrected chi connectivity index (χ1v) is 4.48. The van der Waals surface area contributed by atoms with E-state index in [1.807, 2.05) is 6.07 Å². The molecular formula is C9H9BrN2O. The van der Waals surface area contributed by atoms with E-state index in [1.54, 1.807) is 12.1 Å². The molecule has 0 heterocycles. The molecule has 0 saturated carbocycles. The van der Waals surface area contributed by atoms with E-state index < -0.39 is 0 Å². The molecule has 0 fully saturated rings. The largest absolute Gasteiger partial charge is 0.495 e. The predicted octanol–water partition coefficient (Wildman–Crippen LogP) is 1.79. The molecule has 0 aliphatic rings. The predicted molar refractivity (Wildman–Crippen MR) is 53.3 cm³/mol. The zero-order valence-corrected chi connectivity index (χ0v) is 8.76. The van der Waals surface area contributed by atoms with Crippen LogP contribution in [0.5, 0.6) is 5.75 Å². The average molecular weight is 241 g/mol. The van der Waals surface area contributed by atoms with Crippen molar-refractivity contribution in [1.29, 1.82) is 5.26 Å². The molecule has 0 aliphatic carbocycles. The van der Waals surface area contributed by atoms with E-state index in [2.05, 4.69) is 15.9 Å². The number of nitrogens with two attached hydrogens (primary N) is 1. The van der Waals surface area contributed by atoms with Crippen LogP contribution in [0.2, 0.25) is 0 Å². The van der Waals surface area contributed by atoms with Crippen LogP contribution in [0.4, 0.5) is 0 Å². The van der Waals surface area contributed by atoms with Gasteiger partial charge in [-0.05, 0) is 17.7 Å². The van der Waals surface area contributed by atoms with Crippen LogP contribution in [-0.2, 0) is 6.54 Å². The lowest BCUT2D eigenvalue weighted by atomic mass is 10.1. The normalized spacial score (nSPS) is 9.38. The van der Waals surface area contributed by atoms with Gasteiger partial charge < -0.3 is 10.5 Å². The lowest BCUT2D eigenvalue weighted by Crippen LogP contribution is -1.99. The third kappa shape index (κ3) is 2.00. The Balaban J connectivity index is 3.28. The van der Waals surface area contributed by atoms with Crippen molar-refractivity contribution in [2.24, 2.45) is 5.73 Å². The quantitative estimate of drug-likeness (QED) is 0.858. The van der Waals surface area contributed by atoms with E-state index >= 15 is 0 Å². The average Bonchev–Trinajstić information content (AvgIpc) is 2.17. The number of hydrogen-bond acceptors (Lipinski definition) is 3. The number of hydrogen-bond donors (Lipinski definition) is 1. The molecule has 0 bridgehead atoms. The van der Waals surface area contributed by atoms with Gasteiger partial charge in [-0.2, -0.15) is 5.26 Å². The van der Waals surface area contributed by atoms with Crippen LogP contribution in [-0.4, -0.2) is 7.11 Å². The summed E-state index contributed by atoms with van der Waals surface area (Å²) in [6, 6.07) is 5.52. The molecule has 13 heavy (non-hydrogen) atoms. The van der Waals surface area contributed by atoms with Crippen LogP contribution in [0.25, 0.3) is 0 Å². The third-order valence-corrected chi connectivity index (χ3v) is 2.45. The van der Waals surface area contributed by atoms with Crippen LogP contribution in [0.15, 0.2) is 16.6 Å². The highest BCUT2D eigenvalue weighted by Gasteiger charge is 2.06. The van der Waals surface area contributed by atoms with Crippen molar-refractivity contribution in [3.05, 3.63) is 27.7 Å². The number of ether oxygens (including phenoxy) is 1. The Hall–Kier alpha value is -1.05. The lowest BCUT2D eigenvalue weighted by molar-refractivity contribution is 0.413. The van der Waals surface area contributed by atoms with Crippen molar-refractivity contribution in [1.82, 2.24) is 0 Å². The first kappa shape index (κ1) is 10.0. The second kappa shape index (κ2) is 4.26. The molecule has 1 rings (SSSR count). The number of methoxy groups -OCH3 is 1. The number of benzene rings is 1. The molecule has 0 atom stereocenters. The summed E-state index contributed by atoms with van der Waals surface area (Å²) in [6.45, 7) is 0.419. The first-order valence-electron chi connectivity index (χ1n) is 3.69. The molecule has 68 valence electrons. The Kier molecular flexibility index (Phi) is 3.29. The second-order valence-corrected chi connectivity index (χ2v) is 3.31.